The van der Waals surface area contributed by atoms with Crippen molar-refractivity contribution in [3.63, 3.8) is 0 Å². The quantitative estimate of drug-likeness (QED) is 0.805. The second-order valence-electron chi connectivity index (χ2n) is 3.11. The Bertz CT molecular complexity index is 510. The number of rotatable bonds is 2. The Hall–Kier alpha value is -1.59. The summed E-state index contributed by atoms with van der Waals surface area (Å²) < 4.78 is 1.69. The fourth-order valence-electron chi connectivity index (χ4n) is 1.32. The van der Waals surface area contributed by atoms with E-state index < -0.39 is 0 Å². The van der Waals surface area contributed by atoms with Crippen LogP contribution in [-0.4, -0.2) is 14.9 Å². The first kappa shape index (κ1) is 10.9. The zero-order chi connectivity index (χ0) is 11.5. The first-order chi connectivity index (χ1) is 7.66. The summed E-state index contributed by atoms with van der Waals surface area (Å²) in [5.41, 5.74) is 6.93. The lowest BCUT2D eigenvalue weighted by atomic mass is 10.3. The van der Waals surface area contributed by atoms with Crippen molar-refractivity contribution in [1.29, 1.82) is 0 Å². The summed E-state index contributed by atoms with van der Waals surface area (Å²) in [7, 11) is 0. The molecule has 4 nitrogen and oxygen atoms in total. The number of thiocarbonyl (C=S) groups is 1. The number of halogens is 1. The van der Waals surface area contributed by atoms with Crippen molar-refractivity contribution in [3.05, 3.63) is 41.7 Å². The van der Waals surface area contributed by atoms with Gasteiger partial charge in [0.2, 0.25) is 0 Å². The molecule has 1 aromatic carbocycles. The minimum atomic E-state index is 0.211. The minimum absolute atomic E-state index is 0.211. The van der Waals surface area contributed by atoms with Gasteiger partial charge in [-0.15, -0.1) is 0 Å². The number of anilines is 1. The van der Waals surface area contributed by atoms with E-state index in [0.29, 0.717) is 5.02 Å². The monoisotopic (exact) mass is 252 g/mol. The third kappa shape index (κ3) is 2.32. The molecule has 2 aromatic rings. The van der Waals surface area contributed by atoms with E-state index in [2.05, 4.69) is 10.4 Å². The molecule has 2 rings (SSSR count). The van der Waals surface area contributed by atoms with E-state index in [1.165, 1.54) is 0 Å². The molecule has 0 aliphatic heterocycles. The van der Waals surface area contributed by atoms with Gasteiger partial charge in [-0.1, -0.05) is 11.6 Å². The van der Waals surface area contributed by atoms with Crippen molar-refractivity contribution in [2.75, 3.05) is 5.32 Å². The lowest BCUT2D eigenvalue weighted by Gasteiger charge is -2.08. The van der Waals surface area contributed by atoms with Gasteiger partial charge < -0.3 is 11.1 Å². The molecule has 1 heterocycles. The number of nitrogens with two attached hydrogens (primary N) is 1. The average molecular weight is 253 g/mol. The first-order valence-electron chi connectivity index (χ1n) is 4.53. The summed E-state index contributed by atoms with van der Waals surface area (Å²) in [6, 6.07) is 7.26. The second-order valence-corrected chi connectivity index (χ2v) is 3.95. The van der Waals surface area contributed by atoms with Gasteiger partial charge in [0.25, 0.3) is 0 Å². The van der Waals surface area contributed by atoms with Crippen molar-refractivity contribution in [2.24, 2.45) is 5.73 Å². The summed E-state index contributed by atoms with van der Waals surface area (Å²) in [5.74, 6) is 0. The maximum atomic E-state index is 6.12. The molecular formula is C10H9ClN4S. The van der Waals surface area contributed by atoms with Gasteiger partial charge in [-0.05, 0) is 36.5 Å². The minimum Gasteiger partial charge on any atom is -0.376 e. The zero-order valence-corrected chi connectivity index (χ0v) is 9.79. The van der Waals surface area contributed by atoms with E-state index in [1.54, 1.807) is 16.9 Å². The number of hydrogen-bond donors (Lipinski definition) is 2. The van der Waals surface area contributed by atoms with Crippen molar-refractivity contribution in [2.45, 2.75) is 0 Å². The molecule has 3 N–H and O–H groups in total. The van der Waals surface area contributed by atoms with Crippen LogP contribution in [0.15, 0.2) is 36.7 Å². The Labute approximate surface area is 103 Å². The van der Waals surface area contributed by atoms with E-state index in [-0.39, 0.29) is 5.11 Å². The van der Waals surface area contributed by atoms with Gasteiger partial charge >= 0.3 is 0 Å². The Morgan fingerprint density at radius 3 is 2.88 bits per heavy atom. The van der Waals surface area contributed by atoms with Crippen LogP contribution in [0.25, 0.3) is 5.69 Å². The number of benzene rings is 1. The Balaban J connectivity index is 2.34. The Kier molecular flexibility index (Phi) is 3.07. The fourth-order valence-corrected chi connectivity index (χ4v) is 1.71. The molecule has 0 spiro atoms. The Morgan fingerprint density at radius 1 is 1.50 bits per heavy atom. The van der Waals surface area contributed by atoms with Gasteiger partial charge in [-0.2, -0.15) is 5.10 Å². The van der Waals surface area contributed by atoms with Gasteiger partial charge in [0.15, 0.2) is 5.11 Å². The highest BCUT2D eigenvalue weighted by Crippen LogP contribution is 2.23. The smallest absolute Gasteiger partial charge is 0.168 e. The third-order valence-corrected chi connectivity index (χ3v) is 2.37. The molecule has 0 unspecified atom stereocenters. The predicted octanol–water partition coefficient (Wildman–Crippen LogP) is 2.18. The standard InChI is InChI=1S/C10H9ClN4S/c11-8-6-7(14-10(12)16)2-3-9(8)15-5-1-4-13-15/h1-6H,(H3,12,14,16). The fraction of sp³-hybridized carbons (Fsp3) is 0. The SMILES string of the molecule is NC(=S)Nc1ccc(-n2cccn2)c(Cl)c1. The molecule has 0 saturated heterocycles. The molecule has 0 atom stereocenters. The maximum absolute atomic E-state index is 6.12. The van der Waals surface area contributed by atoms with E-state index >= 15 is 0 Å². The van der Waals surface area contributed by atoms with Crippen LogP contribution >= 0.6 is 23.8 Å². The number of nitrogens with zero attached hydrogens (tertiary/aromatic N) is 2. The molecular weight excluding hydrogens is 244 g/mol. The van der Waals surface area contributed by atoms with Gasteiger partial charge in [-0.25, -0.2) is 4.68 Å². The predicted molar refractivity (Wildman–Crippen MR) is 69.0 cm³/mol. The lowest BCUT2D eigenvalue weighted by molar-refractivity contribution is 0.881. The highest BCUT2D eigenvalue weighted by Gasteiger charge is 2.04. The molecule has 0 amide bonds. The molecule has 82 valence electrons. The summed E-state index contributed by atoms with van der Waals surface area (Å²) >= 11 is 10.9. The molecule has 1 aromatic heterocycles. The van der Waals surface area contributed by atoms with Crippen LogP contribution in [-0.2, 0) is 0 Å². The zero-order valence-electron chi connectivity index (χ0n) is 8.22. The maximum Gasteiger partial charge on any atom is 0.168 e. The second kappa shape index (κ2) is 4.51. The van der Waals surface area contributed by atoms with Crippen LogP contribution in [0.4, 0.5) is 5.69 Å². The number of aromatic nitrogens is 2. The molecule has 0 saturated carbocycles. The summed E-state index contributed by atoms with van der Waals surface area (Å²) in [6.07, 6.45) is 3.51. The van der Waals surface area contributed by atoms with Crippen molar-refractivity contribution in [3.8, 4) is 5.69 Å². The van der Waals surface area contributed by atoms with Crippen LogP contribution in [0.5, 0.6) is 0 Å². The number of hydrogen-bond acceptors (Lipinski definition) is 2. The highest BCUT2D eigenvalue weighted by molar-refractivity contribution is 7.80. The van der Waals surface area contributed by atoms with Crippen LogP contribution in [0.3, 0.4) is 0 Å². The molecule has 6 heteroatoms. The van der Waals surface area contributed by atoms with Gasteiger partial charge in [0.1, 0.15) is 0 Å². The number of nitrogens with one attached hydrogen (secondary N) is 1. The summed E-state index contributed by atoms with van der Waals surface area (Å²) in [4.78, 5) is 0. The molecule has 16 heavy (non-hydrogen) atoms. The summed E-state index contributed by atoms with van der Waals surface area (Å²) in [5, 5.41) is 7.70. The summed E-state index contributed by atoms with van der Waals surface area (Å²) in [6.45, 7) is 0. The van der Waals surface area contributed by atoms with Crippen molar-refractivity contribution in [1.82, 2.24) is 9.78 Å². The van der Waals surface area contributed by atoms with Crippen LogP contribution < -0.4 is 11.1 Å². The third-order valence-electron chi connectivity index (χ3n) is 1.97. The molecule has 0 aliphatic rings. The van der Waals surface area contributed by atoms with Crippen LogP contribution in [0, 0.1) is 0 Å². The Morgan fingerprint density at radius 2 is 2.31 bits per heavy atom. The largest absolute Gasteiger partial charge is 0.376 e. The topological polar surface area (TPSA) is 55.9 Å². The molecule has 0 fully saturated rings. The first-order valence-corrected chi connectivity index (χ1v) is 5.31. The van der Waals surface area contributed by atoms with Gasteiger partial charge in [0.05, 0.1) is 10.7 Å². The van der Waals surface area contributed by atoms with Crippen LogP contribution in [0.1, 0.15) is 0 Å². The average Bonchev–Trinajstić information content (AvgIpc) is 2.69. The van der Waals surface area contributed by atoms with Crippen molar-refractivity contribution < 1.29 is 0 Å². The lowest BCUT2D eigenvalue weighted by Crippen LogP contribution is -2.18. The highest BCUT2D eigenvalue weighted by atomic mass is 35.5. The normalized spacial score (nSPS) is 10.1. The van der Waals surface area contributed by atoms with Crippen LogP contribution in [0.2, 0.25) is 5.02 Å². The molecule has 0 aliphatic carbocycles. The van der Waals surface area contributed by atoms with Gasteiger partial charge in [-0.3, -0.25) is 0 Å². The van der Waals surface area contributed by atoms with Gasteiger partial charge in [0, 0.05) is 18.1 Å². The van der Waals surface area contributed by atoms with E-state index in [4.69, 9.17) is 29.6 Å². The van der Waals surface area contributed by atoms with Crippen molar-refractivity contribution >= 4 is 34.6 Å². The molecule has 0 bridgehead atoms. The van der Waals surface area contributed by atoms with E-state index in [0.717, 1.165) is 11.4 Å². The molecule has 0 radical (unpaired) electrons. The van der Waals surface area contributed by atoms with E-state index in [1.807, 2.05) is 24.4 Å². The van der Waals surface area contributed by atoms with E-state index in [9.17, 15) is 0 Å².